The minimum Gasteiger partial charge on any atom is -0.495 e. The average Bonchev–Trinajstić information content (AvgIpc) is 3.22. The van der Waals surface area contributed by atoms with Crippen molar-refractivity contribution in [3.05, 3.63) is 58.6 Å². The Morgan fingerprint density at radius 2 is 1.78 bits per heavy atom. The fourth-order valence-electron chi connectivity index (χ4n) is 2.89. The van der Waals surface area contributed by atoms with Gasteiger partial charge in [0, 0.05) is 18.1 Å². The van der Waals surface area contributed by atoms with E-state index in [2.05, 4.69) is 0 Å². The molecule has 0 bridgehead atoms. The smallest absolute Gasteiger partial charge is 0.338 e. The van der Waals surface area contributed by atoms with E-state index >= 15 is 0 Å². The fourth-order valence-corrected chi connectivity index (χ4v) is 4.71. The zero-order chi connectivity index (χ0) is 19.4. The number of halogens is 1. The van der Waals surface area contributed by atoms with Crippen LogP contribution >= 0.6 is 11.6 Å². The third kappa shape index (κ3) is 4.43. The van der Waals surface area contributed by atoms with Crippen LogP contribution in [0.4, 0.5) is 0 Å². The summed E-state index contributed by atoms with van der Waals surface area (Å²) in [6.07, 6.45) is 1.65. The van der Waals surface area contributed by atoms with Crippen LogP contribution in [0.2, 0.25) is 5.02 Å². The average molecular weight is 410 g/mol. The largest absolute Gasteiger partial charge is 0.495 e. The summed E-state index contributed by atoms with van der Waals surface area (Å²) in [6.45, 7) is 1.00. The summed E-state index contributed by atoms with van der Waals surface area (Å²) in [4.78, 5) is 12.4. The van der Waals surface area contributed by atoms with Gasteiger partial charge in [-0.1, -0.05) is 23.7 Å². The van der Waals surface area contributed by atoms with E-state index < -0.39 is 16.0 Å². The molecule has 0 unspecified atom stereocenters. The predicted molar refractivity (Wildman–Crippen MR) is 102 cm³/mol. The Kier molecular flexibility index (Phi) is 6.04. The highest BCUT2D eigenvalue weighted by Crippen LogP contribution is 2.30. The molecule has 0 aromatic heterocycles. The molecule has 1 aliphatic heterocycles. The standard InChI is InChI=1S/C19H20ClNO5S/c1-25-17-9-6-15(12-18(17)27(23,24)21-10-2-3-11-21)19(22)26-13-14-4-7-16(20)8-5-14/h4-9,12H,2-3,10-11,13H2,1H3. The Labute approximate surface area is 163 Å². The van der Waals surface area contributed by atoms with E-state index in [9.17, 15) is 13.2 Å². The maximum Gasteiger partial charge on any atom is 0.338 e. The van der Waals surface area contributed by atoms with Gasteiger partial charge in [0.15, 0.2) is 0 Å². The third-order valence-electron chi connectivity index (χ3n) is 4.37. The first-order valence-electron chi connectivity index (χ1n) is 8.51. The molecule has 144 valence electrons. The summed E-state index contributed by atoms with van der Waals surface area (Å²) in [6, 6.07) is 11.2. The van der Waals surface area contributed by atoms with Gasteiger partial charge < -0.3 is 9.47 Å². The molecule has 0 saturated carbocycles. The molecule has 0 radical (unpaired) electrons. The summed E-state index contributed by atoms with van der Waals surface area (Å²) in [5.41, 5.74) is 0.939. The van der Waals surface area contributed by atoms with Crippen LogP contribution < -0.4 is 4.74 Å². The van der Waals surface area contributed by atoms with Crippen LogP contribution in [-0.2, 0) is 21.4 Å². The van der Waals surface area contributed by atoms with Gasteiger partial charge >= 0.3 is 5.97 Å². The second-order valence-electron chi connectivity index (χ2n) is 6.18. The van der Waals surface area contributed by atoms with Gasteiger partial charge in [0.2, 0.25) is 10.0 Å². The normalized spacial score (nSPS) is 14.9. The lowest BCUT2D eigenvalue weighted by Gasteiger charge is -2.18. The molecule has 8 heteroatoms. The fraction of sp³-hybridized carbons (Fsp3) is 0.316. The molecule has 1 saturated heterocycles. The molecule has 3 rings (SSSR count). The predicted octanol–water partition coefficient (Wildman–Crippen LogP) is 3.49. The van der Waals surface area contributed by atoms with Crippen LogP contribution in [0.3, 0.4) is 0 Å². The zero-order valence-electron chi connectivity index (χ0n) is 14.9. The maximum absolute atomic E-state index is 12.9. The minimum absolute atomic E-state index is 0.0205. The first kappa shape index (κ1) is 19.7. The quantitative estimate of drug-likeness (QED) is 0.683. The molecule has 0 amide bonds. The van der Waals surface area contributed by atoms with E-state index in [4.69, 9.17) is 21.1 Å². The molecular formula is C19H20ClNO5S. The highest BCUT2D eigenvalue weighted by atomic mass is 35.5. The Hall–Kier alpha value is -2.09. The topological polar surface area (TPSA) is 72.9 Å². The molecule has 2 aromatic rings. The molecule has 27 heavy (non-hydrogen) atoms. The van der Waals surface area contributed by atoms with Gasteiger partial charge in [-0.25, -0.2) is 13.2 Å². The summed E-state index contributed by atoms with van der Waals surface area (Å²) in [7, 11) is -2.32. The zero-order valence-corrected chi connectivity index (χ0v) is 16.4. The number of methoxy groups -OCH3 is 1. The van der Waals surface area contributed by atoms with Gasteiger partial charge in [0.1, 0.15) is 17.3 Å². The number of nitrogens with zero attached hydrogens (tertiary/aromatic N) is 1. The Morgan fingerprint density at radius 1 is 1.11 bits per heavy atom. The first-order valence-corrected chi connectivity index (χ1v) is 10.3. The highest BCUT2D eigenvalue weighted by Gasteiger charge is 2.30. The Bertz CT molecular complexity index is 922. The number of hydrogen-bond donors (Lipinski definition) is 0. The highest BCUT2D eigenvalue weighted by molar-refractivity contribution is 7.89. The van der Waals surface area contributed by atoms with Crippen molar-refractivity contribution in [1.29, 1.82) is 0 Å². The van der Waals surface area contributed by atoms with Crippen LogP contribution in [-0.4, -0.2) is 38.9 Å². The van der Waals surface area contributed by atoms with Crippen molar-refractivity contribution in [3.8, 4) is 5.75 Å². The maximum atomic E-state index is 12.9. The van der Waals surface area contributed by atoms with Crippen molar-refractivity contribution in [2.24, 2.45) is 0 Å². The molecule has 1 heterocycles. The third-order valence-corrected chi connectivity index (χ3v) is 6.54. The number of carbonyl (C=O) groups is 1. The SMILES string of the molecule is COc1ccc(C(=O)OCc2ccc(Cl)cc2)cc1S(=O)(=O)N1CCCC1. The van der Waals surface area contributed by atoms with E-state index in [-0.39, 0.29) is 22.8 Å². The molecule has 0 atom stereocenters. The summed E-state index contributed by atoms with van der Waals surface area (Å²) < 4.78 is 37.7. The number of carbonyl (C=O) groups excluding carboxylic acids is 1. The number of sulfonamides is 1. The lowest BCUT2D eigenvalue weighted by atomic mass is 10.2. The summed E-state index contributed by atoms with van der Waals surface area (Å²) >= 11 is 5.83. The van der Waals surface area contributed by atoms with E-state index in [1.807, 2.05) is 0 Å². The number of rotatable bonds is 6. The number of esters is 1. The second-order valence-corrected chi connectivity index (χ2v) is 8.52. The van der Waals surface area contributed by atoms with Gasteiger partial charge in [0.25, 0.3) is 0 Å². The summed E-state index contributed by atoms with van der Waals surface area (Å²) in [5, 5.41) is 0.594. The van der Waals surface area contributed by atoms with Crippen molar-refractivity contribution in [1.82, 2.24) is 4.31 Å². The van der Waals surface area contributed by atoms with Crippen molar-refractivity contribution < 1.29 is 22.7 Å². The van der Waals surface area contributed by atoms with Gasteiger partial charge in [-0.15, -0.1) is 0 Å². The van der Waals surface area contributed by atoms with Crippen molar-refractivity contribution in [2.75, 3.05) is 20.2 Å². The van der Waals surface area contributed by atoms with Crippen molar-refractivity contribution >= 4 is 27.6 Å². The van der Waals surface area contributed by atoms with E-state index in [1.54, 1.807) is 24.3 Å². The lowest BCUT2D eigenvalue weighted by Crippen LogP contribution is -2.28. The molecule has 2 aromatic carbocycles. The number of hydrogen-bond acceptors (Lipinski definition) is 5. The molecule has 1 fully saturated rings. The molecule has 0 aliphatic carbocycles. The molecule has 6 nitrogen and oxygen atoms in total. The van der Waals surface area contributed by atoms with Gasteiger partial charge in [0.05, 0.1) is 12.7 Å². The Balaban J connectivity index is 1.81. The van der Waals surface area contributed by atoms with Crippen LogP contribution in [0.5, 0.6) is 5.75 Å². The van der Waals surface area contributed by atoms with Gasteiger partial charge in [-0.3, -0.25) is 0 Å². The first-order chi connectivity index (χ1) is 12.9. The molecule has 0 spiro atoms. The second kappa shape index (κ2) is 8.29. The number of benzene rings is 2. The monoisotopic (exact) mass is 409 g/mol. The van der Waals surface area contributed by atoms with Crippen LogP contribution in [0.25, 0.3) is 0 Å². The molecule has 0 N–H and O–H groups in total. The Morgan fingerprint density at radius 3 is 2.41 bits per heavy atom. The van der Waals surface area contributed by atoms with Crippen LogP contribution in [0, 0.1) is 0 Å². The lowest BCUT2D eigenvalue weighted by molar-refractivity contribution is 0.0472. The van der Waals surface area contributed by atoms with Crippen LogP contribution in [0.15, 0.2) is 47.4 Å². The van der Waals surface area contributed by atoms with Crippen LogP contribution in [0.1, 0.15) is 28.8 Å². The van der Waals surface area contributed by atoms with Crippen molar-refractivity contribution in [2.45, 2.75) is 24.3 Å². The van der Waals surface area contributed by atoms with Gasteiger partial charge in [-0.2, -0.15) is 4.31 Å². The van der Waals surface area contributed by atoms with Crippen molar-refractivity contribution in [3.63, 3.8) is 0 Å². The molecular weight excluding hydrogens is 390 g/mol. The number of ether oxygens (including phenoxy) is 2. The van der Waals surface area contributed by atoms with Gasteiger partial charge in [-0.05, 0) is 48.7 Å². The summed E-state index contributed by atoms with van der Waals surface area (Å²) in [5.74, 6) is -0.401. The van der Waals surface area contributed by atoms with E-state index in [0.717, 1.165) is 18.4 Å². The van der Waals surface area contributed by atoms with E-state index in [0.29, 0.717) is 18.1 Å². The minimum atomic E-state index is -3.72. The molecule has 1 aliphatic rings. The van der Waals surface area contributed by atoms with E-state index in [1.165, 1.54) is 29.6 Å².